The summed E-state index contributed by atoms with van der Waals surface area (Å²) in [6, 6.07) is 10.6. The SMILES string of the molecule is [Li+].[O-]c1ccccccc[nH+]c1. The Morgan fingerprint density at radius 1 is 1.00 bits per heavy atom. The molecule has 0 aromatic carbocycles. The van der Waals surface area contributed by atoms with Crippen LogP contribution in [0.5, 0.6) is 5.75 Å². The van der Waals surface area contributed by atoms with E-state index in [2.05, 4.69) is 4.98 Å². The van der Waals surface area contributed by atoms with Crippen molar-refractivity contribution in [3.8, 4) is 5.75 Å². The largest absolute Gasteiger partial charge is 1.00 e. The van der Waals surface area contributed by atoms with Crippen LogP contribution < -0.4 is 29.0 Å². The van der Waals surface area contributed by atoms with E-state index in [1.54, 1.807) is 18.3 Å². The molecule has 3 heteroatoms. The van der Waals surface area contributed by atoms with E-state index in [1.165, 1.54) is 12.3 Å². The standard InChI is InChI=1S/C9H9NO.Li/c11-9-6-4-2-1-3-5-7-10-8-9;/h1-8,11H;/q;+1. The van der Waals surface area contributed by atoms with Crippen LogP contribution in [0.1, 0.15) is 0 Å². The van der Waals surface area contributed by atoms with Gasteiger partial charge in [0.05, 0.1) is 0 Å². The number of nitrogens with one attached hydrogen (secondary N) is 1. The van der Waals surface area contributed by atoms with Crippen molar-refractivity contribution >= 4 is 0 Å². The Kier molecular flexibility index (Phi) is 6.18. The molecule has 0 radical (unpaired) electrons. The summed E-state index contributed by atoms with van der Waals surface area (Å²) in [6.07, 6.45) is 3.10. The Hall–Kier alpha value is -0.973. The molecule has 0 saturated heterocycles. The number of hydrogen-bond donors (Lipinski definition) is 0. The number of aromatic amines is 1. The van der Waals surface area contributed by atoms with Gasteiger partial charge in [0, 0.05) is 6.07 Å². The molecular formula is C9H9LiNO+. The normalized spacial score (nSPS) is 7.67. The van der Waals surface area contributed by atoms with Gasteiger partial charge in [0.2, 0.25) is 0 Å². The molecule has 0 amide bonds. The van der Waals surface area contributed by atoms with Gasteiger partial charge in [-0.15, -0.1) is 0 Å². The van der Waals surface area contributed by atoms with Gasteiger partial charge in [0.15, 0.2) is 12.4 Å². The Morgan fingerprint density at radius 2 is 1.67 bits per heavy atom. The van der Waals surface area contributed by atoms with Crippen molar-refractivity contribution < 1.29 is 29.0 Å². The average molecular weight is 154 g/mol. The summed E-state index contributed by atoms with van der Waals surface area (Å²) in [5.74, 6) is -0.0406. The van der Waals surface area contributed by atoms with Gasteiger partial charge < -0.3 is 5.11 Å². The molecule has 1 aromatic rings. The van der Waals surface area contributed by atoms with E-state index in [9.17, 15) is 5.11 Å². The van der Waals surface area contributed by atoms with E-state index in [0.717, 1.165) is 0 Å². The zero-order chi connectivity index (χ0) is 7.94. The second-order valence-electron chi connectivity index (χ2n) is 2.01. The Balaban J connectivity index is 0.00000121. The maximum atomic E-state index is 10.8. The maximum Gasteiger partial charge on any atom is 1.00 e. The molecule has 0 spiro atoms. The minimum atomic E-state index is -0.0406. The molecule has 1 N–H and O–H groups in total. The third-order valence-electron chi connectivity index (χ3n) is 1.12. The zero-order valence-corrected chi connectivity index (χ0v) is 7.03. The first-order valence-electron chi connectivity index (χ1n) is 3.36. The number of hydrogen-bond acceptors (Lipinski definition) is 1. The van der Waals surface area contributed by atoms with Crippen LogP contribution in [0.4, 0.5) is 0 Å². The fourth-order valence-electron chi connectivity index (χ4n) is 0.632. The van der Waals surface area contributed by atoms with Gasteiger partial charge in [0.1, 0.15) is 0 Å². The van der Waals surface area contributed by atoms with Crippen LogP contribution in [0.15, 0.2) is 48.8 Å². The Morgan fingerprint density at radius 3 is 2.50 bits per heavy atom. The van der Waals surface area contributed by atoms with Crippen molar-refractivity contribution in [1.82, 2.24) is 0 Å². The molecule has 0 fully saturated rings. The monoisotopic (exact) mass is 154 g/mol. The van der Waals surface area contributed by atoms with Crippen molar-refractivity contribution in [3.05, 3.63) is 48.8 Å². The molecule has 0 saturated carbocycles. The molecule has 2 nitrogen and oxygen atoms in total. The van der Waals surface area contributed by atoms with Gasteiger partial charge in [-0.05, 0) is 5.75 Å². The van der Waals surface area contributed by atoms with Gasteiger partial charge in [-0.25, -0.2) is 4.98 Å². The van der Waals surface area contributed by atoms with Gasteiger partial charge in [-0.2, -0.15) is 0 Å². The van der Waals surface area contributed by atoms with Crippen molar-refractivity contribution in [2.75, 3.05) is 0 Å². The predicted molar refractivity (Wildman–Crippen MR) is 40.1 cm³/mol. The summed E-state index contributed by atoms with van der Waals surface area (Å²) in [5, 5.41) is 10.8. The molecule has 0 aliphatic heterocycles. The number of aromatic nitrogens is 1. The molecule has 12 heavy (non-hydrogen) atoms. The molecular weight excluding hydrogens is 145 g/mol. The minimum absolute atomic E-state index is 0. The molecule has 1 aromatic heterocycles. The fraction of sp³-hybridized carbons (Fsp3) is 0. The van der Waals surface area contributed by atoms with E-state index >= 15 is 0 Å². The third kappa shape index (κ3) is 4.78. The van der Waals surface area contributed by atoms with Crippen LogP contribution >= 0.6 is 0 Å². The van der Waals surface area contributed by atoms with E-state index in [0.29, 0.717) is 0 Å². The number of rotatable bonds is 0. The zero-order valence-electron chi connectivity index (χ0n) is 7.03. The molecule has 0 aliphatic carbocycles. The second kappa shape index (κ2) is 6.72. The van der Waals surface area contributed by atoms with E-state index in [1.807, 2.05) is 18.2 Å². The summed E-state index contributed by atoms with van der Waals surface area (Å²) in [5.41, 5.74) is 0. The van der Waals surface area contributed by atoms with E-state index in [4.69, 9.17) is 0 Å². The molecule has 1 heterocycles. The summed E-state index contributed by atoms with van der Waals surface area (Å²) in [7, 11) is 0. The first-order valence-corrected chi connectivity index (χ1v) is 3.36. The van der Waals surface area contributed by atoms with Crippen molar-refractivity contribution in [1.29, 1.82) is 0 Å². The van der Waals surface area contributed by atoms with Crippen molar-refractivity contribution in [2.45, 2.75) is 0 Å². The van der Waals surface area contributed by atoms with Crippen LogP contribution in [-0.2, 0) is 0 Å². The topological polar surface area (TPSA) is 37.2 Å². The average Bonchev–Trinajstić information content (AvgIpc) is 2.03. The molecule has 0 unspecified atom stereocenters. The van der Waals surface area contributed by atoms with Crippen LogP contribution in [-0.4, -0.2) is 0 Å². The van der Waals surface area contributed by atoms with E-state index in [-0.39, 0.29) is 24.6 Å². The van der Waals surface area contributed by atoms with Crippen LogP contribution in [0.25, 0.3) is 0 Å². The van der Waals surface area contributed by atoms with Gasteiger partial charge >= 0.3 is 18.9 Å². The quantitative estimate of drug-likeness (QED) is 0.387. The van der Waals surface area contributed by atoms with Crippen LogP contribution in [0.3, 0.4) is 0 Å². The van der Waals surface area contributed by atoms with E-state index < -0.39 is 0 Å². The van der Waals surface area contributed by atoms with Crippen molar-refractivity contribution in [2.24, 2.45) is 0 Å². The minimum Gasteiger partial charge on any atom is -0.868 e. The van der Waals surface area contributed by atoms with Gasteiger partial charge in [0.25, 0.3) is 0 Å². The molecule has 1 rings (SSSR count). The predicted octanol–water partition coefficient (Wildman–Crippen LogP) is -2.30. The number of H-pyrrole nitrogens is 1. The fourth-order valence-corrected chi connectivity index (χ4v) is 0.632. The van der Waals surface area contributed by atoms with Crippen LogP contribution in [0, 0.1) is 0 Å². The third-order valence-corrected chi connectivity index (χ3v) is 1.12. The van der Waals surface area contributed by atoms with Gasteiger partial charge in [-0.1, -0.05) is 30.3 Å². The molecule has 56 valence electrons. The van der Waals surface area contributed by atoms with Crippen LogP contribution in [0.2, 0.25) is 0 Å². The Labute approximate surface area is 83.8 Å². The van der Waals surface area contributed by atoms with Crippen molar-refractivity contribution in [3.63, 3.8) is 0 Å². The van der Waals surface area contributed by atoms with Gasteiger partial charge in [-0.3, -0.25) is 0 Å². The molecule has 0 aliphatic rings. The Bertz CT molecular complexity index is 252. The summed E-state index contributed by atoms with van der Waals surface area (Å²) in [6.45, 7) is 0. The summed E-state index contributed by atoms with van der Waals surface area (Å²) >= 11 is 0. The second-order valence-corrected chi connectivity index (χ2v) is 2.01. The maximum absolute atomic E-state index is 10.8. The summed E-state index contributed by atoms with van der Waals surface area (Å²) < 4.78 is 0. The summed E-state index contributed by atoms with van der Waals surface area (Å²) in [4.78, 5) is 2.73. The smallest absolute Gasteiger partial charge is 0.868 e. The first kappa shape index (κ1) is 11.0. The molecule has 0 bridgehead atoms. The molecule has 0 atom stereocenters. The first-order chi connectivity index (χ1) is 5.39.